The second kappa shape index (κ2) is 9.33. The van der Waals surface area contributed by atoms with E-state index in [9.17, 15) is 9.59 Å². The molecular formula is C28H28N2O3. The number of imide groups is 1. The number of hydrogen-bond donors (Lipinski definition) is 1. The number of carbonyl (C=O) groups excluding carboxylic acids is 2. The molecule has 3 aromatic carbocycles. The highest BCUT2D eigenvalue weighted by Gasteiger charge is 2.39. The molecule has 0 bridgehead atoms. The average molecular weight is 441 g/mol. The van der Waals surface area contributed by atoms with E-state index in [1.807, 2.05) is 81.4 Å². The number of hydrogen-bond acceptors (Lipinski definition) is 4. The molecule has 0 spiro atoms. The number of nitrogens with zero attached hydrogens (tertiary/aromatic N) is 1. The summed E-state index contributed by atoms with van der Waals surface area (Å²) in [6.07, 6.45) is 0.569. The number of benzene rings is 3. The Morgan fingerprint density at radius 3 is 2.12 bits per heavy atom. The molecule has 4 rings (SSSR count). The molecule has 1 aliphatic rings. The maximum absolute atomic E-state index is 13.4. The summed E-state index contributed by atoms with van der Waals surface area (Å²) < 4.78 is 5.21. The average Bonchev–Trinajstić information content (AvgIpc) is 3.04. The standard InChI is InChI=1S/C28H28N2O3/c1-18-5-10-22(11-6-18)25-26(29-24-14-7-19(2)17-20(24)3)28(32)30(27(25)31)16-15-21-8-12-23(33-4)13-9-21/h5-14,17,29H,15-16H2,1-4H3. The zero-order valence-electron chi connectivity index (χ0n) is 19.4. The van der Waals surface area contributed by atoms with E-state index in [-0.39, 0.29) is 11.8 Å². The second-order valence-corrected chi connectivity index (χ2v) is 8.42. The van der Waals surface area contributed by atoms with Gasteiger partial charge in [0.15, 0.2) is 0 Å². The lowest BCUT2D eigenvalue weighted by atomic mass is 10.0. The van der Waals surface area contributed by atoms with Gasteiger partial charge in [0.25, 0.3) is 11.8 Å². The lowest BCUT2D eigenvalue weighted by molar-refractivity contribution is -0.136. The smallest absolute Gasteiger partial charge is 0.278 e. The molecule has 0 aliphatic carbocycles. The summed E-state index contributed by atoms with van der Waals surface area (Å²) >= 11 is 0. The first-order chi connectivity index (χ1) is 15.9. The van der Waals surface area contributed by atoms with Crippen LogP contribution in [0.1, 0.15) is 27.8 Å². The van der Waals surface area contributed by atoms with E-state index in [0.717, 1.165) is 39.3 Å². The minimum atomic E-state index is -0.302. The first kappa shape index (κ1) is 22.3. The number of aryl methyl sites for hydroxylation is 3. The zero-order valence-corrected chi connectivity index (χ0v) is 19.4. The largest absolute Gasteiger partial charge is 0.497 e. The van der Waals surface area contributed by atoms with Crippen LogP contribution in [-0.4, -0.2) is 30.4 Å². The first-order valence-corrected chi connectivity index (χ1v) is 11.0. The van der Waals surface area contributed by atoms with Crippen LogP contribution in [0, 0.1) is 20.8 Å². The molecule has 0 aromatic heterocycles. The van der Waals surface area contributed by atoms with E-state index in [1.165, 1.54) is 4.90 Å². The molecule has 0 atom stereocenters. The third kappa shape index (κ3) is 4.67. The summed E-state index contributed by atoms with van der Waals surface area (Å²) in [4.78, 5) is 28.2. The van der Waals surface area contributed by atoms with Crippen molar-refractivity contribution in [3.63, 3.8) is 0 Å². The van der Waals surface area contributed by atoms with Gasteiger partial charge in [0.05, 0.1) is 12.7 Å². The van der Waals surface area contributed by atoms with E-state index in [0.29, 0.717) is 24.2 Å². The Bertz CT molecular complexity index is 1230. The molecule has 1 aliphatic heterocycles. The van der Waals surface area contributed by atoms with Crippen molar-refractivity contribution in [3.05, 3.63) is 100 Å². The Morgan fingerprint density at radius 2 is 1.48 bits per heavy atom. The van der Waals surface area contributed by atoms with Crippen molar-refractivity contribution >= 4 is 23.1 Å². The number of anilines is 1. The van der Waals surface area contributed by atoms with E-state index in [4.69, 9.17) is 4.74 Å². The number of methoxy groups -OCH3 is 1. The fraction of sp³-hybridized carbons (Fsp3) is 0.214. The topological polar surface area (TPSA) is 58.6 Å². The second-order valence-electron chi connectivity index (χ2n) is 8.42. The van der Waals surface area contributed by atoms with Gasteiger partial charge >= 0.3 is 0 Å². The van der Waals surface area contributed by atoms with Crippen LogP contribution in [-0.2, 0) is 16.0 Å². The van der Waals surface area contributed by atoms with Gasteiger partial charge in [-0.2, -0.15) is 0 Å². The van der Waals surface area contributed by atoms with Gasteiger partial charge in [0.1, 0.15) is 11.4 Å². The van der Waals surface area contributed by atoms with Crippen molar-refractivity contribution in [2.45, 2.75) is 27.2 Å². The molecule has 2 amide bonds. The van der Waals surface area contributed by atoms with Gasteiger partial charge in [-0.3, -0.25) is 14.5 Å². The number of carbonyl (C=O) groups is 2. The van der Waals surface area contributed by atoms with Gasteiger partial charge in [-0.15, -0.1) is 0 Å². The number of ether oxygens (including phenoxy) is 1. The van der Waals surface area contributed by atoms with E-state index < -0.39 is 0 Å². The highest BCUT2D eigenvalue weighted by Crippen LogP contribution is 2.32. The Kier molecular flexibility index (Phi) is 6.31. The van der Waals surface area contributed by atoms with Crippen LogP contribution in [0.3, 0.4) is 0 Å². The van der Waals surface area contributed by atoms with Gasteiger partial charge in [0.2, 0.25) is 0 Å². The fourth-order valence-electron chi connectivity index (χ4n) is 4.00. The monoisotopic (exact) mass is 440 g/mol. The number of nitrogens with one attached hydrogen (secondary N) is 1. The van der Waals surface area contributed by atoms with Crippen molar-refractivity contribution < 1.29 is 14.3 Å². The zero-order chi connectivity index (χ0) is 23.5. The Balaban J connectivity index is 1.65. The molecule has 3 aromatic rings. The molecule has 5 heteroatoms. The molecule has 33 heavy (non-hydrogen) atoms. The first-order valence-electron chi connectivity index (χ1n) is 11.0. The van der Waals surface area contributed by atoms with Crippen LogP contribution in [0.15, 0.2) is 72.4 Å². The summed E-state index contributed by atoms with van der Waals surface area (Å²) in [7, 11) is 1.62. The van der Waals surface area contributed by atoms with Crippen molar-refractivity contribution in [1.82, 2.24) is 4.90 Å². The predicted octanol–water partition coefficient (Wildman–Crippen LogP) is 5.06. The van der Waals surface area contributed by atoms with E-state index in [1.54, 1.807) is 7.11 Å². The molecular weight excluding hydrogens is 412 g/mol. The van der Waals surface area contributed by atoms with Crippen molar-refractivity contribution in [1.29, 1.82) is 0 Å². The Labute approximate surface area is 194 Å². The van der Waals surface area contributed by atoms with Gasteiger partial charge in [-0.05, 0) is 62.1 Å². The normalized spacial score (nSPS) is 13.6. The van der Waals surface area contributed by atoms with E-state index >= 15 is 0 Å². The van der Waals surface area contributed by atoms with Crippen LogP contribution >= 0.6 is 0 Å². The van der Waals surface area contributed by atoms with Crippen molar-refractivity contribution in [2.24, 2.45) is 0 Å². The molecule has 0 fully saturated rings. The Hall–Kier alpha value is -3.86. The summed E-state index contributed by atoms with van der Waals surface area (Å²) in [5.41, 5.74) is 6.57. The number of rotatable bonds is 7. The van der Waals surface area contributed by atoms with Crippen LogP contribution in [0.25, 0.3) is 5.57 Å². The molecule has 5 nitrogen and oxygen atoms in total. The van der Waals surface area contributed by atoms with Crippen LogP contribution < -0.4 is 10.1 Å². The predicted molar refractivity (Wildman–Crippen MR) is 131 cm³/mol. The molecule has 0 saturated carbocycles. The maximum atomic E-state index is 13.4. The van der Waals surface area contributed by atoms with Crippen LogP contribution in [0.5, 0.6) is 5.75 Å². The third-order valence-electron chi connectivity index (χ3n) is 5.93. The van der Waals surface area contributed by atoms with Crippen LogP contribution in [0.2, 0.25) is 0 Å². The number of amides is 2. The molecule has 168 valence electrons. The highest BCUT2D eigenvalue weighted by molar-refractivity contribution is 6.36. The maximum Gasteiger partial charge on any atom is 0.278 e. The van der Waals surface area contributed by atoms with Gasteiger partial charge < -0.3 is 10.1 Å². The molecule has 0 saturated heterocycles. The Morgan fingerprint density at radius 1 is 0.818 bits per heavy atom. The lowest BCUT2D eigenvalue weighted by Crippen LogP contribution is -2.34. The fourth-order valence-corrected chi connectivity index (χ4v) is 4.00. The third-order valence-corrected chi connectivity index (χ3v) is 5.93. The highest BCUT2D eigenvalue weighted by atomic mass is 16.5. The minimum Gasteiger partial charge on any atom is -0.497 e. The summed E-state index contributed by atoms with van der Waals surface area (Å²) in [6.45, 7) is 6.32. The lowest BCUT2D eigenvalue weighted by Gasteiger charge is -2.16. The summed E-state index contributed by atoms with van der Waals surface area (Å²) in [6, 6.07) is 21.4. The van der Waals surface area contributed by atoms with Gasteiger partial charge in [-0.25, -0.2) is 0 Å². The molecule has 1 N–H and O–H groups in total. The summed E-state index contributed by atoms with van der Waals surface area (Å²) in [5, 5.41) is 3.27. The van der Waals surface area contributed by atoms with Gasteiger partial charge in [0, 0.05) is 12.2 Å². The van der Waals surface area contributed by atoms with Crippen molar-refractivity contribution in [3.8, 4) is 5.75 Å². The quantitative estimate of drug-likeness (QED) is 0.522. The molecule has 0 unspecified atom stereocenters. The SMILES string of the molecule is COc1ccc(CCN2C(=O)C(Nc3ccc(C)cc3C)=C(c3ccc(C)cc3)C2=O)cc1. The minimum absolute atomic E-state index is 0.273. The summed E-state index contributed by atoms with van der Waals surface area (Å²) in [5.74, 6) is 0.198. The molecule has 1 heterocycles. The van der Waals surface area contributed by atoms with Gasteiger partial charge in [-0.1, -0.05) is 59.7 Å². The molecule has 0 radical (unpaired) electrons. The van der Waals surface area contributed by atoms with Crippen molar-refractivity contribution in [2.75, 3.05) is 19.0 Å². The van der Waals surface area contributed by atoms with Crippen LogP contribution in [0.4, 0.5) is 5.69 Å². The van der Waals surface area contributed by atoms with E-state index in [2.05, 4.69) is 11.4 Å².